The molecular weight excluding hydrogens is 589 g/mol. The quantitative estimate of drug-likeness (QED) is 0.0661. The van der Waals surface area contributed by atoms with E-state index in [2.05, 4.69) is 56.6 Å². The summed E-state index contributed by atoms with van der Waals surface area (Å²) in [7, 11) is 6.50. The third-order valence-electron chi connectivity index (χ3n) is 10.2. The van der Waals surface area contributed by atoms with E-state index in [9.17, 15) is 0 Å². The molecule has 6 heteroatoms. The predicted molar refractivity (Wildman–Crippen MR) is 215 cm³/mol. The molecule has 0 amide bonds. The largest absolute Gasteiger partial charge is 0.344 e. The fourth-order valence-electron chi connectivity index (χ4n) is 6.66. The number of unbranched alkanes of at least 4 members (excludes halogenated alkanes) is 27. The van der Waals surface area contributed by atoms with Crippen LogP contribution in [-0.2, 0) is 0 Å². The molecule has 6 nitrogen and oxygen atoms in total. The SMILES string of the molecule is CCCCCCCCCCCCN(C)c1nc(N(C)CCCCCCCCCCCC)nc(N(C)CCCCCCCCCCCC)n1. The van der Waals surface area contributed by atoms with Gasteiger partial charge in [-0.25, -0.2) is 0 Å². The smallest absolute Gasteiger partial charge is 0.231 e. The summed E-state index contributed by atoms with van der Waals surface area (Å²) in [6, 6.07) is 0. The molecule has 0 aliphatic rings. The highest BCUT2D eigenvalue weighted by Gasteiger charge is 2.16. The van der Waals surface area contributed by atoms with Crippen molar-refractivity contribution in [1.29, 1.82) is 0 Å². The molecule has 0 aliphatic heterocycles. The molecule has 0 atom stereocenters. The van der Waals surface area contributed by atoms with Crippen LogP contribution in [0.25, 0.3) is 0 Å². The van der Waals surface area contributed by atoms with Gasteiger partial charge >= 0.3 is 0 Å². The summed E-state index contributed by atoms with van der Waals surface area (Å²) in [4.78, 5) is 21.8. The van der Waals surface area contributed by atoms with Crippen LogP contribution in [0.4, 0.5) is 17.8 Å². The number of hydrogen-bond donors (Lipinski definition) is 0. The Hall–Kier alpha value is -1.59. The fourth-order valence-corrected chi connectivity index (χ4v) is 6.66. The van der Waals surface area contributed by atoms with Crippen molar-refractivity contribution in [2.75, 3.05) is 55.5 Å². The van der Waals surface area contributed by atoms with Crippen LogP contribution in [0.5, 0.6) is 0 Å². The second-order valence-electron chi connectivity index (χ2n) is 15.0. The van der Waals surface area contributed by atoms with Crippen molar-refractivity contribution in [1.82, 2.24) is 15.0 Å². The minimum absolute atomic E-state index is 0.829. The normalized spacial score (nSPS) is 11.4. The van der Waals surface area contributed by atoms with Gasteiger partial charge in [0.25, 0.3) is 0 Å². The molecule has 1 heterocycles. The molecular formula is C42H84N6. The fraction of sp³-hybridized carbons (Fsp3) is 0.929. The zero-order chi connectivity index (χ0) is 34.9. The van der Waals surface area contributed by atoms with Gasteiger partial charge in [-0.3, -0.25) is 0 Å². The number of aromatic nitrogens is 3. The van der Waals surface area contributed by atoms with Crippen molar-refractivity contribution in [3.05, 3.63) is 0 Å². The lowest BCUT2D eigenvalue weighted by Gasteiger charge is -2.24. The Bertz CT molecular complexity index is 700. The van der Waals surface area contributed by atoms with Crippen LogP contribution in [0.15, 0.2) is 0 Å². The molecule has 0 N–H and O–H groups in total. The summed E-state index contributed by atoms with van der Waals surface area (Å²) in [5.41, 5.74) is 0. The summed E-state index contributed by atoms with van der Waals surface area (Å²) in [5.74, 6) is 2.49. The molecule has 0 spiro atoms. The third kappa shape index (κ3) is 24.5. The maximum absolute atomic E-state index is 5.00. The Kier molecular flexibility index (Phi) is 30.2. The van der Waals surface area contributed by atoms with E-state index in [-0.39, 0.29) is 0 Å². The maximum Gasteiger partial charge on any atom is 0.231 e. The summed E-state index contributed by atoms with van der Waals surface area (Å²) < 4.78 is 0. The first-order valence-electron chi connectivity index (χ1n) is 21.4. The molecule has 0 bridgehead atoms. The summed E-state index contributed by atoms with van der Waals surface area (Å²) in [5, 5.41) is 0. The van der Waals surface area contributed by atoms with Crippen LogP contribution in [0.3, 0.4) is 0 Å². The molecule has 0 fully saturated rings. The summed E-state index contributed by atoms with van der Waals surface area (Å²) in [6.07, 6.45) is 40.8. The Morgan fingerprint density at radius 1 is 0.271 bits per heavy atom. The van der Waals surface area contributed by atoms with Crippen LogP contribution in [-0.4, -0.2) is 55.7 Å². The lowest BCUT2D eigenvalue weighted by molar-refractivity contribution is 0.554. The summed E-state index contributed by atoms with van der Waals surface area (Å²) in [6.45, 7) is 9.90. The first kappa shape index (κ1) is 44.4. The van der Waals surface area contributed by atoms with E-state index in [1.807, 2.05) is 0 Å². The Morgan fingerprint density at radius 3 is 0.625 bits per heavy atom. The number of hydrogen-bond acceptors (Lipinski definition) is 6. The van der Waals surface area contributed by atoms with Crippen LogP contribution in [0, 0.1) is 0 Å². The molecule has 1 aromatic rings. The maximum atomic E-state index is 5.00. The molecule has 0 unspecified atom stereocenters. The lowest BCUT2D eigenvalue weighted by Crippen LogP contribution is -2.29. The van der Waals surface area contributed by atoms with Gasteiger partial charge < -0.3 is 14.7 Å². The molecule has 0 saturated heterocycles. The van der Waals surface area contributed by atoms with Crippen molar-refractivity contribution in [2.24, 2.45) is 0 Å². The average molecular weight is 673 g/mol. The molecule has 1 aromatic heterocycles. The predicted octanol–water partition coefficient (Wildman–Crippen LogP) is 12.9. The van der Waals surface area contributed by atoms with Gasteiger partial charge in [0.2, 0.25) is 17.8 Å². The molecule has 282 valence electrons. The van der Waals surface area contributed by atoms with Crippen LogP contribution in [0.2, 0.25) is 0 Å². The summed E-state index contributed by atoms with van der Waals surface area (Å²) >= 11 is 0. The lowest BCUT2D eigenvalue weighted by atomic mass is 10.1. The van der Waals surface area contributed by atoms with E-state index in [0.29, 0.717) is 0 Å². The highest BCUT2D eigenvalue weighted by atomic mass is 15.4. The van der Waals surface area contributed by atoms with Crippen LogP contribution >= 0.6 is 0 Å². The Labute approximate surface area is 301 Å². The standard InChI is InChI=1S/C42H84N6/c1-7-10-13-16-19-22-25-28-31-34-37-46(4)40-43-41(47(5)38-35-32-29-26-23-20-17-14-11-8-2)45-42(44-40)48(6)39-36-33-30-27-24-21-18-15-12-9-3/h7-39H2,1-6H3. The zero-order valence-corrected chi connectivity index (χ0v) is 33.5. The van der Waals surface area contributed by atoms with Crippen molar-refractivity contribution in [3.63, 3.8) is 0 Å². The van der Waals surface area contributed by atoms with E-state index >= 15 is 0 Å². The van der Waals surface area contributed by atoms with Crippen molar-refractivity contribution >= 4 is 17.8 Å². The van der Waals surface area contributed by atoms with Gasteiger partial charge in [0.1, 0.15) is 0 Å². The van der Waals surface area contributed by atoms with Gasteiger partial charge in [-0.1, -0.05) is 194 Å². The monoisotopic (exact) mass is 673 g/mol. The number of rotatable bonds is 36. The molecule has 0 radical (unpaired) electrons. The van der Waals surface area contributed by atoms with E-state index < -0.39 is 0 Å². The topological polar surface area (TPSA) is 48.4 Å². The van der Waals surface area contributed by atoms with Crippen molar-refractivity contribution in [3.8, 4) is 0 Å². The van der Waals surface area contributed by atoms with Crippen molar-refractivity contribution < 1.29 is 0 Å². The number of anilines is 3. The van der Waals surface area contributed by atoms with Gasteiger partial charge in [-0.05, 0) is 19.3 Å². The van der Waals surface area contributed by atoms with Gasteiger partial charge in [0, 0.05) is 40.8 Å². The van der Waals surface area contributed by atoms with E-state index in [4.69, 9.17) is 15.0 Å². The average Bonchev–Trinajstić information content (AvgIpc) is 3.10. The minimum Gasteiger partial charge on any atom is -0.344 e. The van der Waals surface area contributed by atoms with Gasteiger partial charge in [0.15, 0.2) is 0 Å². The second kappa shape index (κ2) is 32.6. The second-order valence-corrected chi connectivity index (χ2v) is 15.0. The highest BCUT2D eigenvalue weighted by molar-refractivity contribution is 5.45. The van der Waals surface area contributed by atoms with Crippen molar-refractivity contribution in [2.45, 2.75) is 213 Å². The molecule has 1 rings (SSSR count). The van der Waals surface area contributed by atoms with Crippen LogP contribution < -0.4 is 14.7 Å². The van der Waals surface area contributed by atoms with Gasteiger partial charge in [-0.2, -0.15) is 15.0 Å². The van der Waals surface area contributed by atoms with E-state index in [0.717, 1.165) is 37.5 Å². The third-order valence-corrected chi connectivity index (χ3v) is 10.2. The molecule has 0 aliphatic carbocycles. The first-order valence-corrected chi connectivity index (χ1v) is 21.4. The van der Waals surface area contributed by atoms with Gasteiger partial charge in [0.05, 0.1) is 0 Å². The van der Waals surface area contributed by atoms with Gasteiger partial charge in [-0.15, -0.1) is 0 Å². The molecule has 0 aromatic carbocycles. The molecule has 0 saturated carbocycles. The number of nitrogens with zero attached hydrogens (tertiary/aromatic N) is 6. The minimum atomic E-state index is 0.829. The highest BCUT2D eigenvalue weighted by Crippen LogP contribution is 2.20. The molecule has 48 heavy (non-hydrogen) atoms. The Morgan fingerprint density at radius 2 is 0.438 bits per heavy atom. The van der Waals surface area contributed by atoms with Crippen LogP contribution in [0.1, 0.15) is 213 Å². The van der Waals surface area contributed by atoms with E-state index in [1.54, 1.807) is 0 Å². The first-order chi connectivity index (χ1) is 23.5. The zero-order valence-electron chi connectivity index (χ0n) is 33.5. The Balaban J connectivity index is 2.58. The van der Waals surface area contributed by atoms with E-state index in [1.165, 1.54) is 193 Å².